The van der Waals surface area contributed by atoms with Crippen molar-refractivity contribution in [1.29, 1.82) is 0 Å². The second-order valence-electron chi connectivity index (χ2n) is 8.92. The van der Waals surface area contributed by atoms with E-state index in [4.69, 9.17) is 21.4 Å². The van der Waals surface area contributed by atoms with Crippen molar-refractivity contribution in [3.63, 3.8) is 0 Å². The molecule has 35 heavy (non-hydrogen) atoms. The van der Waals surface area contributed by atoms with Gasteiger partial charge in [0.05, 0.1) is 34.4 Å². The molecule has 0 saturated carbocycles. The van der Waals surface area contributed by atoms with Gasteiger partial charge in [0.1, 0.15) is 17.0 Å². The van der Waals surface area contributed by atoms with E-state index in [0.717, 1.165) is 66.2 Å². The van der Waals surface area contributed by atoms with Crippen LogP contribution in [0.4, 0.5) is 4.39 Å². The molecule has 7 nitrogen and oxygen atoms in total. The Morgan fingerprint density at radius 1 is 1.14 bits per heavy atom. The molecule has 1 fully saturated rings. The lowest BCUT2D eigenvalue weighted by molar-refractivity contribution is 0.201. The van der Waals surface area contributed by atoms with E-state index in [9.17, 15) is 4.39 Å². The maximum absolute atomic E-state index is 15.0. The summed E-state index contributed by atoms with van der Waals surface area (Å²) in [5, 5.41) is 15.5. The fourth-order valence-electron chi connectivity index (χ4n) is 4.88. The minimum Gasteiger partial charge on any atom is -0.494 e. The maximum atomic E-state index is 15.0. The Hall–Kier alpha value is -3.10. The number of rotatable bonds is 6. The zero-order valence-electron chi connectivity index (χ0n) is 20.1. The Labute approximate surface area is 208 Å². The van der Waals surface area contributed by atoms with Crippen molar-refractivity contribution in [3.05, 3.63) is 70.1 Å². The number of halogens is 2. The lowest BCUT2D eigenvalue weighted by Gasteiger charge is -2.31. The molecule has 0 unspecified atom stereocenters. The van der Waals surface area contributed by atoms with Gasteiger partial charge in [-0.05, 0) is 71.0 Å². The van der Waals surface area contributed by atoms with Crippen LogP contribution < -0.4 is 4.74 Å². The third kappa shape index (κ3) is 4.60. The number of ether oxygens (including phenoxy) is 1. The number of benzene rings is 1. The number of nitrogens with zero attached hydrogens (tertiary/aromatic N) is 6. The number of likely N-dealkylation sites (tertiary alicyclic amines) is 1. The summed E-state index contributed by atoms with van der Waals surface area (Å²) in [6.07, 6.45) is 3.64. The van der Waals surface area contributed by atoms with Crippen LogP contribution in [0.25, 0.3) is 16.6 Å². The summed E-state index contributed by atoms with van der Waals surface area (Å²) in [6, 6.07) is 8.59. The van der Waals surface area contributed by atoms with E-state index in [-0.39, 0.29) is 11.7 Å². The second kappa shape index (κ2) is 9.87. The molecule has 0 atom stereocenters. The van der Waals surface area contributed by atoms with Gasteiger partial charge in [0, 0.05) is 30.1 Å². The van der Waals surface area contributed by atoms with Gasteiger partial charge < -0.3 is 4.74 Å². The molecule has 4 aromatic rings. The van der Waals surface area contributed by atoms with Gasteiger partial charge in [-0.2, -0.15) is 15.3 Å². The highest BCUT2D eigenvalue weighted by Crippen LogP contribution is 2.34. The Morgan fingerprint density at radius 3 is 2.66 bits per heavy atom. The van der Waals surface area contributed by atoms with E-state index in [0.29, 0.717) is 23.1 Å². The normalized spacial score (nSPS) is 15.1. The monoisotopic (exact) mass is 494 g/mol. The first-order valence-corrected chi connectivity index (χ1v) is 12.3. The zero-order valence-corrected chi connectivity index (χ0v) is 20.9. The van der Waals surface area contributed by atoms with Crippen LogP contribution in [0.3, 0.4) is 0 Å². The molecule has 1 aliphatic rings. The predicted molar refractivity (Wildman–Crippen MR) is 134 cm³/mol. The van der Waals surface area contributed by atoms with Gasteiger partial charge in [0.15, 0.2) is 5.82 Å². The van der Waals surface area contributed by atoms with Crippen LogP contribution in [0.15, 0.2) is 36.5 Å². The number of hydrogen-bond acceptors (Lipinski definition) is 6. The molecule has 4 heterocycles. The average molecular weight is 495 g/mol. The van der Waals surface area contributed by atoms with Crippen LogP contribution in [0.5, 0.6) is 5.75 Å². The maximum Gasteiger partial charge on any atom is 0.152 e. The molecule has 0 bridgehead atoms. The summed E-state index contributed by atoms with van der Waals surface area (Å²) >= 11 is 6.30. The van der Waals surface area contributed by atoms with Gasteiger partial charge in [-0.25, -0.2) is 9.07 Å². The number of aryl methyl sites for hydroxylation is 2. The lowest BCUT2D eigenvalue weighted by atomic mass is 9.92. The fraction of sp³-hybridized carbons (Fsp3) is 0.385. The van der Waals surface area contributed by atoms with Gasteiger partial charge in [-0.1, -0.05) is 11.6 Å². The number of piperidine rings is 1. The van der Waals surface area contributed by atoms with E-state index in [2.05, 4.69) is 20.1 Å². The van der Waals surface area contributed by atoms with Crippen molar-refractivity contribution in [2.75, 3.05) is 19.7 Å². The quantitative estimate of drug-likeness (QED) is 0.357. The summed E-state index contributed by atoms with van der Waals surface area (Å²) in [5.41, 5.74) is 4.61. The minimum atomic E-state index is -0.381. The summed E-state index contributed by atoms with van der Waals surface area (Å²) in [6.45, 7) is 8.76. The molecule has 0 spiro atoms. The largest absolute Gasteiger partial charge is 0.494 e. The predicted octanol–water partition coefficient (Wildman–Crippen LogP) is 5.40. The number of pyridine rings is 1. The fourth-order valence-corrected chi connectivity index (χ4v) is 5.06. The molecule has 0 N–H and O–H groups in total. The van der Waals surface area contributed by atoms with E-state index in [1.807, 2.05) is 32.9 Å². The SMILES string of the molecule is CCOc1ccc(-n2nc3c(C4CCN(Cc5ncccc5Cl)CC4)nnc(C)c3c2C)c(F)c1. The number of fused-ring (bicyclic) bond motifs is 1. The summed E-state index contributed by atoms with van der Waals surface area (Å²) in [7, 11) is 0. The molecular formula is C26H28ClFN6O. The molecule has 1 saturated heterocycles. The van der Waals surface area contributed by atoms with Crippen LogP contribution in [0.1, 0.15) is 48.5 Å². The first kappa shape index (κ1) is 23.6. The summed E-state index contributed by atoms with van der Waals surface area (Å²) in [5.74, 6) is 0.351. The smallest absolute Gasteiger partial charge is 0.152 e. The highest BCUT2D eigenvalue weighted by atomic mass is 35.5. The molecule has 3 aromatic heterocycles. The molecule has 5 rings (SSSR count). The zero-order chi connectivity index (χ0) is 24.5. The van der Waals surface area contributed by atoms with Crippen LogP contribution in [-0.4, -0.2) is 49.6 Å². The molecular weight excluding hydrogens is 467 g/mol. The van der Waals surface area contributed by atoms with Crippen molar-refractivity contribution >= 4 is 22.5 Å². The van der Waals surface area contributed by atoms with Crippen molar-refractivity contribution in [3.8, 4) is 11.4 Å². The van der Waals surface area contributed by atoms with E-state index in [1.54, 1.807) is 23.0 Å². The highest BCUT2D eigenvalue weighted by Gasteiger charge is 2.27. The molecule has 9 heteroatoms. The average Bonchev–Trinajstić information content (AvgIpc) is 3.19. The number of hydrogen-bond donors (Lipinski definition) is 0. The third-order valence-electron chi connectivity index (χ3n) is 6.67. The Balaban J connectivity index is 1.42. The standard InChI is InChI=1S/C26H28ClFN6O/c1-4-35-19-7-8-23(21(28)14-19)34-17(3)24-16(2)30-31-25(26(24)32-34)18-9-12-33(13-10-18)15-22-20(27)6-5-11-29-22/h5-8,11,14,18H,4,9-10,12-13,15H2,1-3H3. The molecule has 1 aromatic carbocycles. The van der Waals surface area contributed by atoms with Gasteiger partial charge in [-0.15, -0.1) is 0 Å². The summed E-state index contributed by atoms with van der Waals surface area (Å²) in [4.78, 5) is 6.78. The highest BCUT2D eigenvalue weighted by molar-refractivity contribution is 6.31. The van der Waals surface area contributed by atoms with Crippen LogP contribution >= 0.6 is 11.6 Å². The van der Waals surface area contributed by atoms with Crippen molar-refractivity contribution in [2.45, 2.75) is 46.1 Å². The topological polar surface area (TPSA) is 69.0 Å². The van der Waals surface area contributed by atoms with Crippen LogP contribution in [0.2, 0.25) is 5.02 Å². The molecule has 0 radical (unpaired) electrons. The Morgan fingerprint density at radius 2 is 1.94 bits per heavy atom. The second-order valence-corrected chi connectivity index (χ2v) is 9.33. The van der Waals surface area contributed by atoms with Gasteiger partial charge in [0.2, 0.25) is 0 Å². The summed E-state index contributed by atoms with van der Waals surface area (Å²) < 4.78 is 22.1. The third-order valence-corrected chi connectivity index (χ3v) is 7.01. The molecule has 0 amide bonds. The minimum absolute atomic E-state index is 0.231. The Kier molecular flexibility index (Phi) is 6.67. The van der Waals surface area contributed by atoms with Crippen LogP contribution in [-0.2, 0) is 6.54 Å². The number of aromatic nitrogens is 5. The molecule has 0 aliphatic carbocycles. The van der Waals surface area contributed by atoms with Crippen molar-refractivity contribution < 1.29 is 9.13 Å². The van der Waals surface area contributed by atoms with E-state index >= 15 is 0 Å². The van der Waals surface area contributed by atoms with Crippen LogP contribution in [0, 0.1) is 19.7 Å². The first-order chi connectivity index (χ1) is 17.0. The van der Waals surface area contributed by atoms with Crippen molar-refractivity contribution in [1.82, 2.24) is 29.9 Å². The van der Waals surface area contributed by atoms with Crippen molar-refractivity contribution in [2.24, 2.45) is 0 Å². The van der Waals surface area contributed by atoms with Gasteiger partial charge in [0.25, 0.3) is 0 Å². The van der Waals surface area contributed by atoms with Gasteiger partial charge >= 0.3 is 0 Å². The van der Waals surface area contributed by atoms with E-state index in [1.165, 1.54) is 6.07 Å². The Bertz CT molecular complexity index is 1370. The van der Waals surface area contributed by atoms with Gasteiger partial charge in [-0.3, -0.25) is 9.88 Å². The van der Waals surface area contributed by atoms with E-state index < -0.39 is 0 Å². The first-order valence-electron chi connectivity index (χ1n) is 11.9. The molecule has 1 aliphatic heterocycles. The molecule has 182 valence electrons. The lowest BCUT2D eigenvalue weighted by Crippen LogP contribution is -2.33.